The van der Waals surface area contributed by atoms with Crippen LogP contribution in [0.15, 0.2) is 30.3 Å². The summed E-state index contributed by atoms with van der Waals surface area (Å²) in [5, 5.41) is 0. The number of hydrogen-bond acceptors (Lipinski definition) is 0. The van der Waals surface area contributed by atoms with Crippen molar-refractivity contribution in [2.24, 2.45) is 0 Å². The van der Waals surface area contributed by atoms with Crippen LogP contribution in [0.1, 0.15) is 47.1 Å². The molecule has 1 heteroatoms. The van der Waals surface area contributed by atoms with Crippen LogP contribution in [-0.2, 0) is 0 Å². The molecular formula is C17H28Si. The van der Waals surface area contributed by atoms with Crippen LogP contribution in [0.5, 0.6) is 0 Å². The van der Waals surface area contributed by atoms with E-state index in [-0.39, 0.29) is 0 Å². The molecule has 18 heavy (non-hydrogen) atoms. The summed E-state index contributed by atoms with van der Waals surface area (Å²) in [5.74, 6) is 2.53. The first-order valence-electron chi connectivity index (χ1n) is 6.91. The van der Waals surface area contributed by atoms with Crippen molar-refractivity contribution < 1.29 is 0 Å². The van der Waals surface area contributed by atoms with Gasteiger partial charge in [-0.05, 0) is 12.1 Å². The summed E-state index contributed by atoms with van der Waals surface area (Å²) in [6, 6.07) is 9.60. The van der Waals surface area contributed by atoms with E-state index in [1.165, 1.54) is 0 Å². The Bertz CT molecular complexity index is 325. The highest BCUT2D eigenvalue weighted by atomic mass is 28.3. The summed E-state index contributed by atoms with van der Waals surface area (Å²) in [6.07, 6.45) is 5.10. The maximum Gasteiger partial charge on any atom is 0.0445 e. The molecule has 1 aromatic rings. The minimum absolute atomic E-state index is 0.454. The Morgan fingerprint density at radius 2 is 1.22 bits per heavy atom. The second-order valence-electron chi connectivity index (χ2n) is 5.82. The zero-order chi connectivity index (χ0) is 14.1. The summed E-state index contributed by atoms with van der Waals surface area (Å²) >= 11 is 0. The van der Waals surface area contributed by atoms with E-state index in [2.05, 4.69) is 47.5 Å². The second kappa shape index (κ2) is 9.00. The molecule has 0 aliphatic rings. The lowest BCUT2D eigenvalue weighted by molar-refractivity contribution is 0.863. The molecule has 0 saturated heterocycles. The second-order valence-corrected chi connectivity index (χ2v) is 11.0. The maximum atomic E-state index is 5.10. The molecule has 0 fully saturated rings. The SMILES string of the molecule is C#Cc1ccccc1.CC(C)[SiH](C(C)C)C(C)C. The Labute approximate surface area is 115 Å². The van der Waals surface area contributed by atoms with Crippen molar-refractivity contribution in [3.05, 3.63) is 35.9 Å². The van der Waals surface area contributed by atoms with Gasteiger partial charge in [0.25, 0.3) is 0 Å². The van der Waals surface area contributed by atoms with Crippen molar-refractivity contribution in [2.45, 2.75) is 58.2 Å². The molecule has 0 aromatic heterocycles. The van der Waals surface area contributed by atoms with E-state index in [9.17, 15) is 0 Å². The lowest BCUT2D eigenvalue weighted by atomic mass is 10.2. The van der Waals surface area contributed by atoms with Gasteiger partial charge in [0.2, 0.25) is 0 Å². The van der Waals surface area contributed by atoms with Crippen LogP contribution in [0, 0.1) is 12.3 Å². The van der Waals surface area contributed by atoms with Gasteiger partial charge in [-0.3, -0.25) is 0 Å². The zero-order valence-corrected chi connectivity index (χ0v) is 13.9. The van der Waals surface area contributed by atoms with E-state index < -0.39 is 8.80 Å². The predicted molar refractivity (Wildman–Crippen MR) is 86.8 cm³/mol. The first-order valence-corrected chi connectivity index (χ1v) is 8.91. The van der Waals surface area contributed by atoms with Crippen LogP contribution in [-0.4, -0.2) is 8.80 Å². The molecule has 0 unspecified atom stereocenters. The lowest BCUT2D eigenvalue weighted by Gasteiger charge is -2.26. The van der Waals surface area contributed by atoms with Crippen LogP contribution in [0.3, 0.4) is 0 Å². The fourth-order valence-corrected chi connectivity index (χ4v) is 7.46. The highest BCUT2D eigenvalue weighted by Gasteiger charge is 2.22. The van der Waals surface area contributed by atoms with Crippen LogP contribution in [0.4, 0.5) is 0 Å². The van der Waals surface area contributed by atoms with Crippen molar-refractivity contribution in [2.75, 3.05) is 0 Å². The van der Waals surface area contributed by atoms with Crippen molar-refractivity contribution in [3.63, 3.8) is 0 Å². The van der Waals surface area contributed by atoms with Crippen molar-refractivity contribution >= 4 is 8.80 Å². The third-order valence-corrected chi connectivity index (χ3v) is 7.87. The molecule has 100 valence electrons. The van der Waals surface area contributed by atoms with Crippen LogP contribution in [0.25, 0.3) is 0 Å². The molecule has 0 spiro atoms. The molecular weight excluding hydrogens is 232 g/mol. The van der Waals surface area contributed by atoms with Gasteiger partial charge in [0.1, 0.15) is 0 Å². The van der Waals surface area contributed by atoms with E-state index in [0.717, 1.165) is 22.2 Å². The maximum absolute atomic E-state index is 5.10. The van der Waals surface area contributed by atoms with Crippen LogP contribution >= 0.6 is 0 Å². The summed E-state index contributed by atoms with van der Waals surface area (Å²) in [4.78, 5) is 0. The Balaban J connectivity index is 0.000000327. The molecule has 0 nitrogen and oxygen atoms in total. The molecule has 0 atom stereocenters. The van der Waals surface area contributed by atoms with Crippen LogP contribution in [0.2, 0.25) is 16.6 Å². The predicted octanol–water partition coefficient (Wildman–Crippen LogP) is 5.11. The molecule has 0 N–H and O–H groups in total. The normalized spacial score (nSPS) is 10.5. The van der Waals surface area contributed by atoms with Gasteiger partial charge in [-0.25, -0.2) is 0 Å². The third kappa shape index (κ3) is 6.66. The molecule has 0 amide bonds. The van der Waals surface area contributed by atoms with Crippen LogP contribution < -0.4 is 0 Å². The summed E-state index contributed by atoms with van der Waals surface area (Å²) in [5.41, 5.74) is 3.85. The van der Waals surface area contributed by atoms with Crippen molar-refractivity contribution in [1.29, 1.82) is 0 Å². The van der Waals surface area contributed by atoms with E-state index >= 15 is 0 Å². The van der Waals surface area contributed by atoms with Gasteiger partial charge in [0, 0.05) is 14.4 Å². The van der Waals surface area contributed by atoms with Gasteiger partial charge < -0.3 is 0 Å². The average molecular weight is 260 g/mol. The monoisotopic (exact) mass is 260 g/mol. The highest BCUT2D eigenvalue weighted by molar-refractivity contribution is 6.63. The highest BCUT2D eigenvalue weighted by Crippen LogP contribution is 2.28. The zero-order valence-electron chi connectivity index (χ0n) is 12.8. The Hall–Kier alpha value is -1.00. The number of benzene rings is 1. The first-order chi connectivity index (χ1) is 8.40. The van der Waals surface area contributed by atoms with Gasteiger partial charge in [-0.2, -0.15) is 0 Å². The molecule has 1 rings (SSSR count). The summed E-state index contributed by atoms with van der Waals surface area (Å²) in [6.45, 7) is 14.3. The first kappa shape index (κ1) is 17.0. The molecule has 0 heterocycles. The minimum Gasteiger partial charge on any atom is -0.115 e. The van der Waals surface area contributed by atoms with Gasteiger partial charge >= 0.3 is 0 Å². The molecule has 0 aliphatic heterocycles. The average Bonchev–Trinajstić information content (AvgIpc) is 2.29. The molecule has 0 radical (unpaired) electrons. The van der Waals surface area contributed by atoms with Crippen molar-refractivity contribution in [3.8, 4) is 12.3 Å². The number of rotatable bonds is 3. The summed E-state index contributed by atoms with van der Waals surface area (Å²) in [7, 11) is -0.454. The van der Waals surface area contributed by atoms with Gasteiger partial charge in [-0.1, -0.05) is 82.3 Å². The fourth-order valence-electron chi connectivity index (χ4n) is 2.84. The Morgan fingerprint density at radius 1 is 0.833 bits per heavy atom. The molecule has 1 aromatic carbocycles. The largest absolute Gasteiger partial charge is 0.115 e. The minimum atomic E-state index is -0.454. The third-order valence-electron chi connectivity index (χ3n) is 3.25. The molecule has 0 saturated carbocycles. The quantitative estimate of drug-likeness (QED) is 0.523. The summed E-state index contributed by atoms with van der Waals surface area (Å²) < 4.78 is 0. The van der Waals surface area contributed by atoms with E-state index in [1.807, 2.05) is 30.3 Å². The van der Waals surface area contributed by atoms with E-state index in [4.69, 9.17) is 6.42 Å². The van der Waals surface area contributed by atoms with Gasteiger partial charge in [0.05, 0.1) is 0 Å². The Kier molecular flexibility index (Phi) is 8.50. The molecule has 0 aliphatic carbocycles. The van der Waals surface area contributed by atoms with Crippen molar-refractivity contribution in [1.82, 2.24) is 0 Å². The number of terminal acetylenes is 1. The standard InChI is InChI=1S/C9H22Si.C8H6/c1-7(2)10(8(3)4)9(5)6;1-2-8-6-4-3-5-7-8/h7-10H,1-6H3;1,3-7H. The smallest absolute Gasteiger partial charge is 0.0445 e. The topological polar surface area (TPSA) is 0 Å². The number of hydrogen-bond donors (Lipinski definition) is 0. The van der Waals surface area contributed by atoms with Gasteiger partial charge in [-0.15, -0.1) is 6.42 Å². The van der Waals surface area contributed by atoms with E-state index in [1.54, 1.807) is 0 Å². The van der Waals surface area contributed by atoms with Gasteiger partial charge in [0.15, 0.2) is 0 Å². The van der Waals surface area contributed by atoms with E-state index in [0.29, 0.717) is 0 Å². The lowest BCUT2D eigenvalue weighted by Crippen LogP contribution is -2.24. The Morgan fingerprint density at radius 3 is 1.39 bits per heavy atom. The molecule has 0 bridgehead atoms. The fraction of sp³-hybridized carbons (Fsp3) is 0.529.